The van der Waals surface area contributed by atoms with E-state index in [4.69, 9.17) is 34.2 Å². The van der Waals surface area contributed by atoms with Crippen LogP contribution in [0.15, 0.2) is 30.3 Å². The summed E-state index contributed by atoms with van der Waals surface area (Å²) in [7, 11) is 0. The number of pyridine rings is 1. The summed E-state index contributed by atoms with van der Waals surface area (Å²) < 4.78 is 0. The zero-order valence-electron chi connectivity index (χ0n) is 9.11. The Morgan fingerprint density at radius 3 is 2.72 bits per heavy atom. The fourth-order valence-corrected chi connectivity index (χ4v) is 1.68. The number of benzene rings is 1. The lowest BCUT2D eigenvalue weighted by Crippen LogP contribution is -2.00. The van der Waals surface area contributed by atoms with E-state index in [-0.39, 0.29) is 0 Å². The lowest BCUT2D eigenvalue weighted by molar-refractivity contribution is 1.31. The molecule has 2 rings (SSSR count). The van der Waals surface area contributed by atoms with E-state index in [1.807, 2.05) is 6.07 Å². The number of hydrogen-bond acceptors (Lipinski definition) is 4. The van der Waals surface area contributed by atoms with Crippen LogP contribution in [-0.4, -0.2) is 4.98 Å². The van der Waals surface area contributed by atoms with E-state index in [0.29, 0.717) is 32.9 Å². The van der Waals surface area contributed by atoms with Crippen molar-refractivity contribution in [1.29, 1.82) is 5.26 Å². The number of halogens is 2. The first-order valence-corrected chi connectivity index (χ1v) is 5.74. The third-order valence-corrected chi connectivity index (χ3v) is 2.78. The number of nitrogens with two attached hydrogens (primary N) is 1. The fourth-order valence-electron chi connectivity index (χ4n) is 1.36. The third-order valence-electron chi connectivity index (χ3n) is 2.24. The van der Waals surface area contributed by atoms with Crippen LogP contribution in [0.25, 0.3) is 0 Å². The predicted molar refractivity (Wildman–Crippen MR) is 73.1 cm³/mol. The second-order valence-corrected chi connectivity index (χ2v) is 4.30. The Morgan fingerprint density at radius 2 is 2.00 bits per heavy atom. The SMILES string of the molecule is N#Cc1ccc(Cl)c(Nc2nc(Cl)ccc2N)c1. The van der Waals surface area contributed by atoms with Gasteiger partial charge in [-0.05, 0) is 30.3 Å². The van der Waals surface area contributed by atoms with Crippen molar-refractivity contribution < 1.29 is 0 Å². The zero-order valence-corrected chi connectivity index (χ0v) is 10.6. The highest BCUT2D eigenvalue weighted by Gasteiger charge is 2.06. The maximum Gasteiger partial charge on any atom is 0.155 e. The van der Waals surface area contributed by atoms with Crippen molar-refractivity contribution in [3.05, 3.63) is 46.1 Å². The highest BCUT2D eigenvalue weighted by molar-refractivity contribution is 6.33. The van der Waals surface area contributed by atoms with Crippen molar-refractivity contribution in [3.8, 4) is 6.07 Å². The van der Waals surface area contributed by atoms with E-state index in [9.17, 15) is 0 Å². The average molecular weight is 279 g/mol. The molecule has 2 aromatic rings. The van der Waals surface area contributed by atoms with E-state index >= 15 is 0 Å². The Balaban J connectivity index is 2.39. The molecule has 90 valence electrons. The molecule has 0 fully saturated rings. The molecule has 3 N–H and O–H groups in total. The van der Waals surface area contributed by atoms with Gasteiger partial charge in [-0.25, -0.2) is 4.98 Å². The molecule has 0 unspecified atom stereocenters. The summed E-state index contributed by atoms with van der Waals surface area (Å²) in [6, 6.07) is 10.1. The Bertz CT molecular complexity index is 634. The highest BCUT2D eigenvalue weighted by atomic mass is 35.5. The van der Waals surface area contributed by atoms with Crippen molar-refractivity contribution in [2.24, 2.45) is 0 Å². The van der Waals surface area contributed by atoms with Crippen LogP contribution >= 0.6 is 23.2 Å². The summed E-state index contributed by atoms with van der Waals surface area (Å²) in [5, 5.41) is 12.6. The molecule has 4 nitrogen and oxygen atoms in total. The molecule has 0 aliphatic carbocycles. The number of anilines is 3. The first-order valence-electron chi connectivity index (χ1n) is 4.99. The second kappa shape index (κ2) is 5.13. The van der Waals surface area contributed by atoms with Crippen molar-refractivity contribution in [3.63, 3.8) is 0 Å². The molecule has 6 heteroatoms. The van der Waals surface area contributed by atoms with Crippen LogP contribution in [0.2, 0.25) is 10.2 Å². The maximum atomic E-state index is 8.84. The summed E-state index contributed by atoms with van der Waals surface area (Å²) >= 11 is 11.8. The van der Waals surface area contributed by atoms with Crippen LogP contribution in [-0.2, 0) is 0 Å². The number of nitrogens with zero attached hydrogens (tertiary/aromatic N) is 2. The van der Waals surface area contributed by atoms with Crippen molar-refractivity contribution >= 4 is 40.4 Å². The largest absolute Gasteiger partial charge is 0.396 e. The van der Waals surface area contributed by atoms with Gasteiger partial charge in [-0.2, -0.15) is 5.26 Å². The summed E-state index contributed by atoms with van der Waals surface area (Å²) in [5.74, 6) is 0.402. The monoisotopic (exact) mass is 278 g/mol. The molecule has 1 aromatic carbocycles. The topological polar surface area (TPSA) is 74.7 Å². The standard InChI is InChI=1S/C12H8Cl2N4/c13-8-2-1-7(6-15)5-10(8)17-12-9(16)3-4-11(14)18-12/h1-5H,16H2,(H,17,18). The van der Waals surface area contributed by atoms with Crippen molar-refractivity contribution in [2.45, 2.75) is 0 Å². The molecule has 0 saturated heterocycles. The average Bonchev–Trinajstić information content (AvgIpc) is 2.36. The summed E-state index contributed by atoms with van der Waals surface area (Å²) in [5.41, 5.74) is 7.25. The van der Waals surface area contributed by atoms with Crippen LogP contribution in [0, 0.1) is 11.3 Å². The van der Waals surface area contributed by atoms with Gasteiger partial charge in [0.25, 0.3) is 0 Å². The third kappa shape index (κ3) is 2.65. The fraction of sp³-hybridized carbons (Fsp3) is 0. The first kappa shape index (κ1) is 12.5. The van der Waals surface area contributed by atoms with E-state index < -0.39 is 0 Å². The number of aromatic nitrogens is 1. The van der Waals surface area contributed by atoms with Gasteiger partial charge in [-0.3, -0.25) is 0 Å². The van der Waals surface area contributed by atoms with Crippen LogP contribution in [0.5, 0.6) is 0 Å². The molecule has 0 radical (unpaired) electrons. The van der Waals surface area contributed by atoms with E-state index in [0.717, 1.165) is 0 Å². The normalized spacial score (nSPS) is 9.83. The summed E-state index contributed by atoms with van der Waals surface area (Å²) in [6.07, 6.45) is 0. The number of rotatable bonds is 2. The van der Waals surface area contributed by atoms with Gasteiger partial charge >= 0.3 is 0 Å². The minimum absolute atomic E-state index is 0.319. The molecule has 1 aromatic heterocycles. The van der Waals surface area contributed by atoms with E-state index in [2.05, 4.69) is 10.3 Å². The molecular weight excluding hydrogens is 271 g/mol. The van der Waals surface area contributed by atoms with Gasteiger partial charge in [-0.1, -0.05) is 23.2 Å². The van der Waals surface area contributed by atoms with E-state index in [1.165, 1.54) is 0 Å². The molecule has 0 spiro atoms. The lowest BCUT2D eigenvalue weighted by Gasteiger charge is -2.10. The Morgan fingerprint density at radius 1 is 1.22 bits per heavy atom. The maximum absolute atomic E-state index is 8.84. The number of nitrogen functional groups attached to an aromatic ring is 1. The van der Waals surface area contributed by atoms with Gasteiger partial charge in [0.2, 0.25) is 0 Å². The van der Waals surface area contributed by atoms with Gasteiger partial charge in [0.15, 0.2) is 5.82 Å². The van der Waals surface area contributed by atoms with Crippen LogP contribution in [0.1, 0.15) is 5.56 Å². The molecule has 18 heavy (non-hydrogen) atoms. The van der Waals surface area contributed by atoms with Crippen LogP contribution < -0.4 is 11.1 Å². The summed E-state index contributed by atoms with van der Waals surface area (Å²) in [6.45, 7) is 0. The number of hydrogen-bond donors (Lipinski definition) is 2. The Hall–Kier alpha value is -1.96. The minimum atomic E-state index is 0.319. The van der Waals surface area contributed by atoms with Crippen LogP contribution in [0.4, 0.5) is 17.2 Å². The molecule has 0 atom stereocenters. The summed E-state index contributed by atoms with van der Waals surface area (Å²) in [4.78, 5) is 4.05. The highest BCUT2D eigenvalue weighted by Crippen LogP contribution is 2.28. The quantitative estimate of drug-likeness (QED) is 0.824. The molecule has 0 aliphatic heterocycles. The number of nitriles is 1. The zero-order chi connectivity index (χ0) is 13.1. The van der Waals surface area contributed by atoms with Gasteiger partial charge in [-0.15, -0.1) is 0 Å². The predicted octanol–water partition coefficient (Wildman–Crippen LogP) is 3.59. The van der Waals surface area contributed by atoms with Gasteiger partial charge < -0.3 is 11.1 Å². The van der Waals surface area contributed by atoms with Crippen molar-refractivity contribution in [2.75, 3.05) is 11.1 Å². The Kier molecular flexibility index (Phi) is 3.56. The second-order valence-electron chi connectivity index (χ2n) is 3.50. The molecule has 0 bridgehead atoms. The van der Waals surface area contributed by atoms with Crippen molar-refractivity contribution in [1.82, 2.24) is 4.98 Å². The lowest BCUT2D eigenvalue weighted by atomic mass is 10.2. The van der Waals surface area contributed by atoms with Crippen LogP contribution in [0.3, 0.4) is 0 Å². The van der Waals surface area contributed by atoms with Gasteiger partial charge in [0, 0.05) is 0 Å². The van der Waals surface area contributed by atoms with Gasteiger partial charge in [0.1, 0.15) is 5.15 Å². The molecular formula is C12H8Cl2N4. The minimum Gasteiger partial charge on any atom is -0.396 e. The molecule has 0 aliphatic rings. The smallest absolute Gasteiger partial charge is 0.155 e. The van der Waals surface area contributed by atoms with E-state index in [1.54, 1.807) is 30.3 Å². The molecule has 1 heterocycles. The number of nitrogens with one attached hydrogen (secondary N) is 1. The molecule has 0 amide bonds. The van der Waals surface area contributed by atoms with Gasteiger partial charge in [0.05, 0.1) is 28.0 Å². The Labute approximate surface area is 114 Å². The first-order chi connectivity index (χ1) is 8.60. The molecule has 0 saturated carbocycles.